The van der Waals surface area contributed by atoms with Crippen molar-refractivity contribution in [3.8, 4) is 5.75 Å². The molecular weight excluding hydrogens is 418 g/mol. The number of hydrogen-bond donors (Lipinski definition) is 1. The third kappa shape index (κ3) is 6.25. The van der Waals surface area contributed by atoms with E-state index in [-0.39, 0.29) is 18.5 Å². The van der Waals surface area contributed by atoms with Crippen LogP contribution in [0.2, 0.25) is 0 Å². The molecule has 6 heteroatoms. The van der Waals surface area contributed by atoms with Crippen LogP contribution in [0.15, 0.2) is 53.0 Å². The van der Waals surface area contributed by atoms with Gasteiger partial charge >= 0.3 is 0 Å². The summed E-state index contributed by atoms with van der Waals surface area (Å²) in [5, 5.41) is 10.3. The van der Waals surface area contributed by atoms with Gasteiger partial charge in [-0.05, 0) is 42.3 Å². The van der Waals surface area contributed by atoms with Crippen molar-refractivity contribution in [1.82, 2.24) is 4.90 Å². The maximum atomic E-state index is 10.3. The highest BCUT2D eigenvalue weighted by atomic mass is 79.9. The molecule has 4 nitrogen and oxygen atoms in total. The Bertz CT molecular complexity index is 683. The molecule has 2 unspecified atom stereocenters. The minimum Gasteiger partial charge on any atom is -0.491 e. The number of benzene rings is 2. The van der Waals surface area contributed by atoms with E-state index in [9.17, 15) is 5.11 Å². The van der Waals surface area contributed by atoms with Crippen molar-refractivity contribution in [3.63, 3.8) is 0 Å². The maximum absolute atomic E-state index is 10.3. The van der Waals surface area contributed by atoms with Gasteiger partial charge in [-0.3, -0.25) is 4.90 Å². The van der Waals surface area contributed by atoms with Crippen molar-refractivity contribution >= 4 is 28.3 Å². The second kappa shape index (κ2) is 10.3. The van der Waals surface area contributed by atoms with Crippen LogP contribution < -0.4 is 4.74 Å². The molecule has 1 fully saturated rings. The molecule has 1 aliphatic rings. The Morgan fingerprint density at radius 3 is 2.77 bits per heavy atom. The number of aliphatic hydroxyl groups excluding tert-OH is 1. The number of β-amino-alcohol motifs (C(OH)–C–C–N with tert-alkyl or cyclic N) is 1. The Morgan fingerprint density at radius 1 is 1.27 bits per heavy atom. The summed E-state index contributed by atoms with van der Waals surface area (Å²) >= 11 is 3.46. The summed E-state index contributed by atoms with van der Waals surface area (Å²) in [4.78, 5) is 2.24. The summed E-state index contributed by atoms with van der Waals surface area (Å²) in [7, 11) is 0. The molecule has 0 amide bonds. The molecule has 1 saturated heterocycles. The van der Waals surface area contributed by atoms with E-state index in [4.69, 9.17) is 9.47 Å². The number of morpholine rings is 1. The maximum Gasteiger partial charge on any atom is 0.119 e. The Kier molecular flexibility index (Phi) is 8.38. The van der Waals surface area contributed by atoms with E-state index in [2.05, 4.69) is 33.0 Å². The molecule has 0 spiro atoms. The molecule has 2 aromatic carbocycles. The fourth-order valence-electron chi connectivity index (χ4n) is 3.00. The van der Waals surface area contributed by atoms with E-state index in [0.29, 0.717) is 19.8 Å². The zero-order valence-electron chi connectivity index (χ0n) is 14.8. The molecule has 1 N–H and O–H groups in total. The van der Waals surface area contributed by atoms with Crippen LogP contribution in [0.3, 0.4) is 0 Å². The average molecular weight is 443 g/mol. The van der Waals surface area contributed by atoms with Crippen LogP contribution in [-0.4, -0.2) is 49.0 Å². The van der Waals surface area contributed by atoms with E-state index < -0.39 is 6.10 Å². The van der Waals surface area contributed by atoms with Gasteiger partial charge in [-0.1, -0.05) is 40.2 Å². The van der Waals surface area contributed by atoms with Crippen LogP contribution in [0.4, 0.5) is 0 Å². The summed E-state index contributed by atoms with van der Waals surface area (Å²) in [6.45, 7) is 5.19. The first-order valence-electron chi connectivity index (χ1n) is 8.57. The molecule has 2 aromatic rings. The number of halogens is 2. The van der Waals surface area contributed by atoms with Gasteiger partial charge in [-0.2, -0.15) is 0 Å². The molecule has 0 bridgehead atoms. The van der Waals surface area contributed by atoms with Crippen molar-refractivity contribution in [2.45, 2.75) is 19.1 Å². The van der Waals surface area contributed by atoms with E-state index in [1.807, 2.05) is 43.3 Å². The summed E-state index contributed by atoms with van der Waals surface area (Å²) in [5.74, 6) is 0.800. The molecule has 0 radical (unpaired) electrons. The molecule has 142 valence electrons. The molecule has 2 atom stereocenters. The number of rotatable bonds is 6. The van der Waals surface area contributed by atoms with Crippen LogP contribution in [0, 0.1) is 6.92 Å². The number of aliphatic hydroxyl groups is 1. The lowest BCUT2D eigenvalue weighted by Gasteiger charge is -2.34. The topological polar surface area (TPSA) is 41.9 Å². The van der Waals surface area contributed by atoms with E-state index in [1.54, 1.807) is 0 Å². The van der Waals surface area contributed by atoms with Crippen LogP contribution in [-0.2, 0) is 4.74 Å². The quantitative estimate of drug-likeness (QED) is 0.734. The Morgan fingerprint density at radius 2 is 2.04 bits per heavy atom. The van der Waals surface area contributed by atoms with E-state index >= 15 is 0 Å². The van der Waals surface area contributed by atoms with Crippen molar-refractivity contribution < 1.29 is 14.6 Å². The average Bonchev–Trinajstić information content (AvgIpc) is 2.61. The molecule has 1 heterocycles. The van der Waals surface area contributed by atoms with Crippen molar-refractivity contribution in [2.24, 2.45) is 0 Å². The monoisotopic (exact) mass is 441 g/mol. The lowest BCUT2D eigenvalue weighted by molar-refractivity contribution is -0.0459. The minimum absolute atomic E-state index is 0. The second-order valence-electron chi connectivity index (χ2n) is 6.45. The van der Waals surface area contributed by atoms with Crippen molar-refractivity contribution in [1.29, 1.82) is 0 Å². The van der Waals surface area contributed by atoms with Gasteiger partial charge in [0.15, 0.2) is 0 Å². The first kappa shape index (κ1) is 21.2. The fraction of sp³-hybridized carbons (Fsp3) is 0.400. The van der Waals surface area contributed by atoms with Gasteiger partial charge in [0.05, 0.1) is 12.7 Å². The van der Waals surface area contributed by atoms with Gasteiger partial charge < -0.3 is 14.6 Å². The summed E-state index contributed by atoms with van der Waals surface area (Å²) in [5.41, 5.74) is 2.32. The fourth-order valence-corrected chi connectivity index (χ4v) is 3.26. The van der Waals surface area contributed by atoms with Crippen LogP contribution in [0.1, 0.15) is 17.2 Å². The van der Waals surface area contributed by atoms with Gasteiger partial charge in [0, 0.05) is 24.1 Å². The predicted molar refractivity (Wildman–Crippen MR) is 109 cm³/mol. The minimum atomic E-state index is -0.524. The first-order valence-corrected chi connectivity index (χ1v) is 9.36. The van der Waals surface area contributed by atoms with Crippen LogP contribution >= 0.6 is 28.3 Å². The van der Waals surface area contributed by atoms with E-state index in [0.717, 1.165) is 28.9 Å². The Labute approximate surface area is 169 Å². The van der Waals surface area contributed by atoms with E-state index in [1.165, 1.54) is 5.56 Å². The second-order valence-corrected chi connectivity index (χ2v) is 7.37. The van der Waals surface area contributed by atoms with Gasteiger partial charge in [-0.15, -0.1) is 12.4 Å². The highest BCUT2D eigenvalue weighted by Crippen LogP contribution is 2.24. The summed E-state index contributed by atoms with van der Waals surface area (Å²) in [6.07, 6.45) is -0.476. The number of ether oxygens (including phenoxy) is 2. The van der Waals surface area contributed by atoms with Gasteiger partial charge in [-0.25, -0.2) is 0 Å². The molecule has 0 saturated carbocycles. The molecule has 0 aliphatic carbocycles. The third-order valence-electron chi connectivity index (χ3n) is 4.29. The Balaban J connectivity index is 0.00000243. The molecule has 0 aromatic heterocycles. The lowest BCUT2D eigenvalue weighted by Crippen LogP contribution is -2.43. The van der Waals surface area contributed by atoms with Crippen LogP contribution in [0.25, 0.3) is 0 Å². The Hall–Kier alpha value is -1.11. The van der Waals surface area contributed by atoms with Crippen molar-refractivity contribution in [3.05, 3.63) is 64.1 Å². The highest BCUT2D eigenvalue weighted by Gasteiger charge is 2.23. The summed E-state index contributed by atoms with van der Waals surface area (Å²) < 4.78 is 12.7. The first-order chi connectivity index (χ1) is 12.1. The normalized spacial score (nSPS) is 18.8. The lowest BCUT2D eigenvalue weighted by atomic mass is 10.1. The molecule has 1 aliphatic heterocycles. The number of aryl methyl sites for hydroxylation is 1. The predicted octanol–water partition coefficient (Wildman–Crippen LogP) is 3.99. The zero-order chi connectivity index (χ0) is 17.6. The van der Waals surface area contributed by atoms with Crippen LogP contribution in [0.5, 0.6) is 5.75 Å². The molecule has 3 rings (SSSR count). The summed E-state index contributed by atoms with van der Waals surface area (Å²) in [6, 6.07) is 16.1. The number of nitrogens with zero attached hydrogens (tertiary/aromatic N) is 1. The van der Waals surface area contributed by atoms with Gasteiger partial charge in [0.1, 0.15) is 18.5 Å². The van der Waals surface area contributed by atoms with Gasteiger partial charge in [0.25, 0.3) is 0 Å². The van der Waals surface area contributed by atoms with Crippen molar-refractivity contribution in [2.75, 3.05) is 32.8 Å². The molecular formula is C20H25BrClNO3. The highest BCUT2D eigenvalue weighted by molar-refractivity contribution is 9.10. The molecule has 26 heavy (non-hydrogen) atoms. The number of hydrogen-bond acceptors (Lipinski definition) is 4. The largest absolute Gasteiger partial charge is 0.491 e. The third-order valence-corrected chi connectivity index (χ3v) is 4.82. The zero-order valence-corrected chi connectivity index (χ0v) is 17.2. The van der Waals surface area contributed by atoms with Gasteiger partial charge in [0.2, 0.25) is 0 Å². The SMILES string of the molecule is Cc1cccc(OCC(O)CN2CCOC(c3ccc(Br)cc3)C2)c1.Cl. The smallest absolute Gasteiger partial charge is 0.119 e. The standard InChI is InChI=1S/C20H24BrNO3.ClH/c1-15-3-2-4-19(11-15)25-14-18(23)12-22-9-10-24-20(13-22)16-5-7-17(21)8-6-16;/h2-8,11,18,20,23H,9-10,12-14H2,1H3;1H.